The molecule has 2 amide bonds. The Bertz CT molecular complexity index is 987. The minimum atomic E-state index is -1.36. The molecule has 0 saturated carbocycles. The number of carboxylic acid groups (broad SMARTS) is 1. The average molecular weight is 412 g/mol. The van der Waals surface area contributed by atoms with Gasteiger partial charge in [-0.05, 0) is 36.1 Å². The van der Waals surface area contributed by atoms with Crippen LogP contribution in [0.4, 0.5) is 14.9 Å². The second-order valence-corrected chi connectivity index (χ2v) is 7.46. The van der Waals surface area contributed by atoms with Crippen LogP contribution in [0.15, 0.2) is 42.5 Å². The predicted octanol–water partition coefficient (Wildman–Crippen LogP) is 3.21. The number of likely N-dealkylation sites (tertiary alicyclic amines) is 1. The fourth-order valence-electron chi connectivity index (χ4n) is 4.04. The number of fused-ring (bicyclic) bond motifs is 1. The zero-order chi connectivity index (χ0) is 21.3. The van der Waals surface area contributed by atoms with E-state index in [9.17, 15) is 18.8 Å². The summed E-state index contributed by atoms with van der Waals surface area (Å²) in [6.45, 7) is 1.04. The number of ether oxygens (including phenoxy) is 1. The zero-order valence-electron chi connectivity index (χ0n) is 16.2. The molecule has 30 heavy (non-hydrogen) atoms. The summed E-state index contributed by atoms with van der Waals surface area (Å²) in [5.74, 6) is -2.40. The number of anilines is 1. The monoisotopic (exact) mass is 412 g/mol. The van der Waals surface area contributed by atoms with E-state index in [1.54, 1.807) is 9.80 Å². The fourth-order valence-corrected chi connectivity index (χ4v) is 4.04. The van der Waals surface area contributed by atoms with E-state index >= 15 is 0 Å². The topological polar surface area (TPSA) is 87.2 Å². The molecule has 4 rings (SSSR count). The number of carbonyl (C=O) groups excluding carboxylic acids is 2. The molecule has 0 spiro atoms. The van der Waals surface area contributed by atoms with Crippen LogP contribution in [0.5, 0.6) is 0 Å². The lowest BCUT2D eigenvalue weighted by molar-refractivity contribution is -0.118. The van der Waals surface area contributed by atoms with Crippen molar-refractivity contribution in [2.75, 3.05) is 18.0 Å². The second-order valence-electron chi connectivity index (χ2n) is 7.46. The molecule has 2 aliphatic heterocycles. The van der Waals surface area contributed by atoms with Crippen molar-refractivity contribution in [3.05, 3.63) is 65.0 Å². The molecule has 2 aromatic carbocycles. The molecule has 1 fully saturated rings. The van der Waals surface area contributed by atoms with Gasteiger partial charge in [-0.15, -0.1) is 0 Å². The molecule has 1 N–H and O–H groups in total. The van der Waals surface area contributed by atoms with Crippen molar-refractivity contribution in [1.82, 2.24) is 4.90 Å². The molecular formula is C22H21FN2O5. The number of aromatic carboxylic acids is 1. The quantitative estimate of drug-likeness (QED) is 0.833. The van der Waals surface area contributed by atoms with E-state index in [2.05, 4.69) is 0 Å². The lowest BCUT2D eigenvalue weighted by Gasteiger charge is -2.36. The molecule has 2 aromatic rings. The number of nitrogens with zero attached hydrogens (tertiary/aromatic N) is 2. The maximum absolute atomic E-state index is 14.2. The van der Waals surface area contributed by atoms with Crippen LogP contribution in [0.2, 0.25) is 0 Å². The molecule has 0 atom stereocenters. The van der Waals surface area contributed by atoms with Crippen molar-refractivity contribution in [3.8, 4) is 0 Å². The van der Waals surface area contributed by atoms with E-state index in [1.807, 2.05) is 30.3 Å². The molecule has 7 nitrogen and oxygen atoms in total. The van der Waals surface area contributed by atoms with Crippen LogP contribution in [0.25, 0.3) is 0 Å². The van der Waals surface area contributed by atoms with Crippen LogP contribution in [0.3, 0.4) is 0 Å². The van der Waals surface area contributed by atoms with E-state index in [0.717, 1.165) is 11.6 Å². The van der Waals surface area contributed by atoms with Gasteiger partial charge in [-0.3, -0.25) is 4.79 Å². The molecule has 0 unspecified atom stereocenters. The van der Waals surface area contributed by atoms with Gasteiger partial charge in [0.1, 0.15) is 12.4 Å². The summed E-state index contributed by atoms with van der Waals surface area (Å²) < 4.78 is 19.5. The second kappa shape index (κ2) is 8.14. The van der Waals surface area contributed by atoms with Gasteiger partial charge in [0, 0.05) is 19.1 Å². The number of piperidine rings is 1. The zero-order valence-corrected chi connectivity index (χ0v) is 16.2. The van der Waals surface area contributed by atoms with Crippen molar-refractivity contribution in [2.24, 2.45) is 0 Å². The summed E-state index contributed by atoms with van der Waals surface area (Å²) in [7, 11) is 0. The number of benzene rings is 2. The molecule has 0 aliphatic carbocycles. The van der Waals surface area contributed by atoms with Crippen LogP contribution < -0.4 is 4.90 Å². The third-order valence-electron chi connectivity index (χ3n) is 5.56. The SMILES string of the molecule is O=C(O)c1cc2c(cc1F)N(C1CCN(C(=O)OCc3ccccc3)CC1)C(=O)C2. The number of hydrogen-bond donors (Lipinski definition) is 1. The van der Waals surface area contributed by atoms with Crippen molar-refractivity contribution in [3.63, 3.8) is 0 Å². The van der Waals surface area contributed by atoms with Gasteiger partial charge in [0.15, 0.2) is 0 Å². The van der Waals surface area contributed by atoms with E-state index in [4.69, 9.17) is 9.84 Å². The fraction of sp³-hybridized carbons (Fsp3) is 0.318. The van der Waals surface area contributed by atoms with Crippen molar-refractivity contribution in [2.45, 2.75) is 31.9 Å². The Morgan fingerprint density at radius 2 is 1.83 bits per heavy atom. The number of halogens is 1. The highest BCUT2D eigenvalue weighted by Crippen LogP contribution is 2.35. The molecule has 2 aliphatic rings. The van der Waals surface area contributed by atoms with Gasteiger partial charge >= 0.3 is 12.1 Å². The first kappa shape index (κ1) is 19.9. The predicted molar refractivity (Wildman–Crippen MR) is 106 cm³/mol. The standard InChI is InChI=1S/C22H21FN2O5/c23-18-12-19-15(10-17(18)21(27)28)11-20(26)25(19)16-6-8-24(9-7-16)22(29)30-13-14-4-2-1-3-5-14/h1-5,10,12,16H,6-9,11,13H2,(H,27,28). The molecular weight excluding hydrogens is 391 g/mol. The lowest BCUT2D eigenvalue weighted by atomic mass is 10.0. The number of rotatable bonds is 4. The molecule has 2 heterocycles. The summed E-state index contributed by atoms with van der Waals surface area (Å²) in [6.07, 6.45) is 0.722. The van der Waals surface area contributed by atoms with Gasteiger partial charge < -0.3 is 19.6 Å². The van der Waals surface area contributed by atoms with Crippen LogP contribution in [0, 0.1) is 5.82 Å². The highest BCUT2D eigenvalue weighted by atomic mass is 19.1. The average Bonchev–Trinajstić information content (AvgIpc) is 3.06. The smallest absolute Gasteiger partial charge is 0.410 e. The summed E-state index contributed by atoms with van der Waals surface area (Å²) in [4.78, 5) is 39.2. The summed E-state index contributed by atoms with van der Waals surface area (Å²) in [6, 6.07) is 11.6. The minimum Gasteiger partial charge on any atom is -0.478 e. The third-order valence-corrected chi connectivity index (χ3v) is 5.56. The highest BCUT2D eigenvalue weighted by molar-refractivity contribution is 6.03. The van der Waals surface area contributed by atoms with Crippen LogP contribution in [0.1, 0.15) is 34.3 Å². The number of hydrogen-bond acceptors (Lipinski definition) is 4. The van der Waals surface area contributed by atoms with Crippen molar-refractivity contribution in [1.29, 1.82) is 0 Å². The molecule has 1 saturated heterocycles. The van der Waals surface area contributed by atoms with Gasteiger partial charge in [0.2, 0.25) is 5.91 Å². The Kier molecular flexibility index (Phi) is 5.39. The third kappa shape index (κ3) is 3.85. The maximum atomic E-state index is 14.2. The Morgan fingerprint density at radius 1 is 1.13 bits per heavy atom. The molecule has 0 radical (unpaired) electrons. The normalized spacial score (nSPS) is 16.5. The van der Waals surface area contributed by atoms with Crippen molar-refractivity contribution < 1.29 is 28.6 Å². The highest BCUT2D eigenvalue weighted by Gasteiger charge is 2.37. The maximum Gasteiger partial charge on any atom is 0.410 e. The first-order valence-electron chi connectivity index (χ1n) is 9.77. The molecule has 0 aromatic heterocycles. The Balaban J connectivity index is 1.39. The number of carbonyl (C=O) groups is 3. The van der Waals surface area contributed by atoms with Gasteiger partial charge in [0.25, 0.3) is 0 Å². The van der Waals surface area contributed by atoms with E-state index in [-0.39, 0.29) is 25.0 Å². The van der Waals surface area contributed by atoms with E-state index in [1.165, 1.54) is 6.07 Å². The summed E-state index contributed by atoms with van der Waals surface area (Å²) in [5.41, 5.74) is 1.42. The molecule has 8 heteroatoms. The largest absolute Gasteiger partial charge is 0.478 e. The van der Waals surface area contributed by atoms with Crippen LogP contribution >= 0.6 is 0 Å². The first-order chi connectivity index (χ1) is 14.4. The minimum absolute atomic E-state index is 0.0508. The van der Waals surface area contributed by atoms with Gasteiger partial charge in [0.05, 0.1) is 17.7 Å². The number of amides is 2. The Morgan fingerprint density at radius 3 is 2.50 bits per heavy atom. The molecule has 156 valence electrons. The Labute approximate surface area is 172 Å². The first-order valence-corrected chi connectivity index (χ1v) is 9.77. The Hall–Kier alpha value is -3.42. The van der Waals surface area contributed by atoms with Gasteiger partial charge in [-0.2, -0.15) is 0 Å². The molecule has 0 bridgehead atoms. The lowest BCUT2D eigenvalue weighted by Crippen LogP contribution is -2.48. The number of carboxylic acids is 1. The van der Waals surface area contributed by atoms with Crippen LogP contribution in [-0.4, -0.2) is 47.1 Å². The van der Waals surface area contributed by atoms with Gasteiger partial charge in [-0.1, -0.05) is 30.3 Å². The van der Waals surface area contributed by atoms with Crippen LogP contribution in [-0.2, 0) is 22.6 Å². The van der Waals surface area contributed by atoms with Crippen molar-refractivity contribution >= 4 is 23.7 Å². The van der Waals surface area contributed by atoms with Gasteiger partial charge in [-0.25, -0.2) is 14.0 Å². The van der Waals surface area contributed by atoms with E-state index < -0.39 is 23.4 Å². The van der Waals surface area contributed by atoms with E-state index in [0.29, 0.717) is 37.2 Å². The summed E-state index contributed by atoms with van der Waals surface area (Å²) in [5, 5.41) is 9.09. The summed E-state index contributed by atoms with van der Waals surface area (Å²) >= 11 is 0.